The van der Waals surface area contributed by atoms with E-state index in [4.69, 9.17) is 27.3 Å². The molecule has 24 heavy (non-hydrogen) atoms. The first-order valence-corrected chi connectivity index (χ1v) is 8.78. The average molecular weight is 346 g/mol. The SMILES string of the molecule is CCCCCCCCCOOc1ccccc1.O=S(=O)([O-])[O-].[Li+].[Li+]. The topological polar surface area (TPSA) is 98.7 Å². The van der Waals surface area contributed by atoms with Gasteiger partial charge < -0.3 is 14.0 Å². The van der Waals surface area contributed by atoms with Crippen LogP contribution in [-0.2, 0) is 15.3 Å². The van der Waals surface area contributed by atoms with E-state index < -0.39 is 10.4 Å². The van der Waals surface area contributed by atoms with Gasteiger partial charge in [0.1, 0.15) is 0 Å². The summed E-state index contributed by atoms with van der Waals surface area (Å²) in [5.41, 5.74) is 0. The number of unbranched alkanes of at least 4 members (excludes halogenated alkanes) is 6. The summed E-state index contributed by atoms with van der Waals surface area (Å²) in [7, 11) is -5.17. The zero-order valence-corrected chi connectivity index (χ0v) is 15.7. The summed E-state index contributed by atoms with van der Waals surface area (Å²) in [5.74, 6) is 0.774. The van der Waals surface area contributed by atoms with E-state index in [0.717, 1.165) is 12.2 Å². The summed E-state index contributed by atoms with van der Waals surface area (Å²) < 4.78 is 34.1. The first-order valence-electron chi connectivity index (χ1n) is 7.44. The van der Waals surface area contributed by atoms with E-state index in [1.165, 1.54) is 38.5 Å². The molecule has 0 bridgehead atoms. The van der Waals surface area contributed by atoms with Crippen LogP contribution >= 0.6 is 0 Å². The van der Waals surface area contributed by atoms with Gasteiger partial charge >= 0.3 is 37.7 Å². The third kappa shape index (κ3) is 26.9. The molecule has 0 aromatic heterocycles. The average Bonchev–Trinajstić information content (AvgIpc) is 2.45. The predicted octanol–water partition coefficient (Wildman–Crippen LogP) is -2.58. The molecule has 0 unspecified atom stereocenters. The van der Waals surface area contributed by atoms with Gasteiger partial charge in [0, 0.05) is 10.4 Å². The summed E-state index contributed by atoms with van der Waals surface area (Å²) in [4.78, 5) is 10.3. The second-order valence-electron chi connectivity index (χ2n) is 4.75. The van der Waals surface area contributed by atoms with E-state index in [1.807, 2.05) is 30.3 Å². The minimum Gasteiger partial charge on any atom is -0.759 e. The Balaban J connectivity index is -0.000000554. The van der Waals surface area contributed by atoms with Crippen LogP contribution in [0.5, 0.6) is 5.75 Å². The molecule has 0 saturated heterocycles. The smallest absolute Gasteiger partial charge is 0.759 e. The van der Waals surface area contributed by atoms with Crippen molar-refractivity contribution in [3.8, 4) is 5.75 Å². The van der Waals surface area contributed by atoms with Crippen molar-refractivity contribution in [2.45, 2.75) is 51.9 Å². The molecule has 6 nitrogen and oxygen atoms in total. The maximum Gasteiger partial charge on any atom is 1.00 e. The molecule has 128 valence electrons. The third-order valence-corrected chi connectivity index (χ3v) is 2.73. The van der Waals surface area contributed by atoms with Crippen LogP contribution in [0.1, 0.15) is 51.9 Å². The van der Waals surface area contributed by atoms with Crippen molar-refractivity contribution in [3.63, 3.8) is 0 Å². The first-order chi connectivity index (χ1) is 10.4. The second kappa shape index (κ2) is 19.4. The monoisotopic (exact) mass is 346 g/mol. The van der Waals surface area contributed by atoms with Crippen LogP contribution in [0.4, 0.5) is 0 Å². The summed E-state index contributed by atoms with van der Waals surface area (Å²) in [6.45, 7) is 2.93. The fraction of sp³-hybridized carbons (Fsp3) is 0.600. The van der Waals surface area contributed by atoms with Gasteiger partial charge in [-0.15, -0.1) is 0 Å². The Kier molecular flexibility index (Phi) is 23.3. The van der Waals surface area contributed by atoms with Gasteiger partial charge in [-0.25, -0.2) is 0 Å². The van der Waals surface area contributed by atoms with Crippen LogP contribution in [0.15, 0.2) is 30.3 Å². The fourth-order valence-corrected chi connectivity index (χ4v) is 1.70. The summed E-state index contributed by atoms with van der Waals surface area (Å²) in [5, 5.41) is 0. The van der Waals surface area contributed by atoms with Crippen LogP contribution < -0.4 is 42.6 Å². The molecular formula is C15H24Li2O6S. The molecule has 0 radical (unpaired) electrons. The van der Waals surface area contributed by atoms with Gasteiger partial charge in [0.2, 0.25) is 0 Å². The third-order valence-electron chi connectivity index (χ3n) is 2.73. The van der Waals surface area contributed by atoms with Gasteiger partial charge in [0.25, 0.3) is 0 Å². The van der Waals surface area contributed by atoms with Gasteiger partial charge in [0.05, 0.1) is 6.61 Å². The molecule has 0 amide bonds. The summed E-state index contributed by atoms with van der Waals surface area (Å²) in [6, 6.07) is 9.62. The molecule has 0 heterocycles. The zero-order valence-electron chi connectivity index (χ0n) is 14.9. The fourth-order valence-electron chi connectivity index (χ4n) is 1.70. The van der Waals surface area contributed by atoms with Gasteiger partial charge in [0.15, 0.2) is 5.75 Å². The molecule has 1 aromatic rings. The van der Waals surface area contributed by atoms with Crippen LogP contribution in [-0.4, -0.2) is 24.1 Å². The molecule has 1 rings (SSSR count). The molecule has 0 spiro atoms. The normalized spacial score (nSPS) is 9.79. The van der Waals surface area contributed by atoms with Gasteiger partial charge in [-0.2, -0.15) is 4.89 Å². The van der Waals surface area contributed by atoms with Crippen molar-refractivity contribution in [2.75, 3.05) is 6.61 Å². The molecule has 0 aliphatic carbocycles. The van der Waals surface area contributed by atoms with E-state index in [1.54, 1.807) is 0 Å². The number of hydrogen-bond donors (Lipinski definition) is 0. The van der Waals surface area contributed by atoms with E-state index in [-0.39, 0.29) is 37.7 Å². The number of para-hydroxylation sites is 1. The number of rotatable bonds is 10. The maximum absolute atomic E-state index is 8.52. The number of benzene rings is 1. The molecule has 0 saturated carbocycles. The van der Waals surface area contributed by atoms with Crippen LogP contribution in [0.25, 0.3) is 0 Å². The summed E-state index contributed by atoms with van der Waals surface area (Å²) >= 11 is 0. The molecule has 0 atom stereocenters. The predicted molar refractivity (Wildman–Crippen MR) is 81.5 cm³/mol. The molecule has 0 fully saturated rings. The molecule has 9 heteroatoms. The van der Waals surface area contributed by atoms with E-state index in [9.17, 15) is 0 Å². The minimum absolute atomic E-state index is 0. The Morgan fingerprint density at radius 1 is 0.875 bits per heavy atom. The largest absolute Gasteiger partial charge is 1.00 e. The summed E-state index contributed by atoms with van der Waals surface area (Å²) in [6.07, 6.45) is 9.04. The first kappa shape index (κ1) is 28.8. The Bertz CT molecular complexity index is 448. The molecular weight excluding hydrogens is 322 g/mol. The van der Waals surface area contributed by atoms with Gasteiger partial charge in [-0.3, -0.25) is 8.42 Å². The van der Waals surface area contributed by atoms with Crippen LogP contribution in [0.3, 0.4) is 0 Å². The molecule has 1 aromatic carbocycles. The van der Waals surface area contributed by atoms with E-state index in [2.05, 4.69) is 6.92 Å². The minimum atomic E-state index is -5.17. The van der Waals surface area contributed by atoms with Crippen molar-refractivity contribution in [1.82, 2.24) is 0 Å². The second-order valence-corrected chi connectivity index (χ2v) is 5.56. The van der Waals surface area contributed by atoms with Crippen LogP contribution in [0, 0.1) is 0 Å². The molecule has 0 aliphatic heterocycles. The van der Waals surface area contributed by atoms with E-state index in [0.29, 0.717) is 6.61 Å². The Morgan fingerprint density at radius 2 is 1.33 bits per heavy atom. The number of hydrogen-bond acceptors (Lipinski definition) is 6. The van der Waals surface area contributed by atoms with Crippen molar-refractivity contribution < 1.29 is 65.0 Å². The Hall–Kier alpha value is 0.0448. The molecule has 0 aliphatic rings. The van der Waals surface area contributed by atoms with Crippen LogP contribution in [0.2, 0.25) is 0 Å². The van der Waals surface area contributed by atoms with E-state index >= 15 is 0 Å². The van der Waals surface area contributed by atoms with Crippen molar-refractivity contribution in [2.24, 2.45) is 0 Å². The Morgan fingerprint density at radius 3 is 1.83 bits per heavy atom. The van der Waals surface area contributed by atoms with Crippen molar-refractivity contribution >= 4 is 10.4 Å². The molecule has 0 N–H and O–H groups in total. The van der Waals surface area contributed by atoms with Crippen molar-refractivity contribution in [3.05, 3.63) is 30.3 Å². The van der Waals surface area contributed by atoms with Crippen molar-refractivity contribution in [1.29, 1.82) is 0 Å². The quantitative estimate of drug-likeness (QED) is 0.115. The zero-order chi connectivity index (χ0) is 16.7. The van der Waals surface area contributed by atoms with Gasteiger partial charge in [-0.05, 0) is 18.6 Å². The van der Waals surface area contributed by atoms with Gasteiger partial charge in [-0.1, -0.05) is 63.6 Å². The maximum atomic E-state index is 8.52. The Labute approximate surface area is 169 Å². The standard InChI is InChI=1S/C15H24O2.2Li.H2O4S/c1-2-3-4-5-6-7-11-14-16-17-15-12-9-8-10-13-15;;;1-5(2,3)4/h8-10,12-13H,2-7,11,14H2,1H3;;;(H2,1,2,3,4)/q;2*+1;/p-2.